The molecule has 1 aromatic heterocycles. The second kappa shape index (κ2) is 4.63. The molecule has 1 aromatic carbocycles. The van der Waals surface area contributed by atoms with E-state index in [4.69, 9.17) is 0 Å². The Labute approximate surface area is 102 Å². The van der Waals surface area contributed by atoms with Crippen molar-refractivity contribution < 1.29 is 0 Å². The van der Waals surface area contributed by atoms with Crippen LogP contribution in [0.4, 0.5) is 0 Å². The zero-order chi connectivity index (χ0) is 12.4. The lowest BCUT2D eigenvalue weighted by Crippen LogP contribution is -2.09. The molecule has 0 bridgehead atoms. The predicted molar refractivity (Wildman–Crippen MR) is 70.6 cm³/mol. The number of aryl methyl sites for hydroxylation is 1. The van der Waals surface area contributed by atoms with Crippen molar-refractivity contribution in [2.45, 2.75) is 20.3 Å². The van der Waals surface area contributed by atoms with Crippen molar-refractivity contribution in [1.82, 2.24) is 4.57 Å². The van der Waals surface area contributed by atoms with Gasteiger partial charge in [0.2, 0.25) is 0 Å². The molecule has 0 N–H and O–H groups in total. The summed E-state index contributed by atoms with van der Waals surface area (Å²) in [7, 11) is 2.06. The molecule has 1 unspecified atom stereocenters. The quantitative estimate of drug-likeness (QED) is 0.787. The van der Waals surface area contributed by atoms with Crippen LogP contribution in [-0.4, -0.2) is 4.57 Å². The average Bonchev–Trinajstić information content (AvgIpc) is 2.63. The molecule has 1 heterocycles. The van der Waals surface area contributed by atoms with Gasteiger partial charge in [0.25, 0.3) is 0 Å². The maximum atomic E-state index is 9.18. The van der Waals surface area contributed by atoms with E-state index in [1.165, 1.54) is 16.5 Å². The predicted octanol–water partition coefficient (Wildman–Crippen LogP) is 3.52. The number of rotatable bonds is 3. The summed E-state index contributed by atoms with van der Waals surface area (Å²) in [5, 5.41) is 10.5. The van der Waals surface area contributed by atoms with Crippen LogP contribution in [0.15, 0.2) is 30.5 Å². The molecule has 0 aliphatic rings. The molecule has 2 nitrogen and oxygen atoms in total. The molecular formula is C15H18N2. The standard InChI is InChI=1S/C15H18N2/c1-11(2)12(9-16)8-13-10-17(3)15-7-5-4-6-14(13)15/h4-7,10-12H,8H2,1-3H3. The van der Waals surface area contributed by atoms with Crippen molar-refractivity contribution in [1.29, 1.82) is 5.26 Å². The van der Waals surface area contributed by atoms with E-state index in [2.05, 4.69) is 62.0 Å². The molecule has 1 atom stereocenters. The lowest BCUT2D eigenvalue weighted by atomic mass is 9.90. The van der Waals surface area contributed by atoms with E-state index in [0.29, 0.717) is 5.92 Å². The van der Waals surface area contributed by atoms with Gasteiger partial charge >= 0.3 is 0 Å². The van der Waals surface area contributed by atoms with Crippen LogP contribution in [0.25, 0.3) is 10.9 Å². The van der Waals surface area contributed by atoms with E-state index in [1.807, 2.05) is 0 Å². The van der Waals surface area contributed by atoms with Crippen LogP contribution >= 0.6 is 0 Å². The molecule has 0 spiro atoms. The summed E-state index contributed by atoms with van der Waals surface area (Å²) in [6.07, 6.45) is 2.99. The third-order valence-electron chi connectivity index (χ3n) is 3.39. The minimum absolute atomic E-state index is 0.0980. The summed E-state index contributed by atoms with van der Waals surface area (Å²) in [5.41, 5.74) is 2.52. The number of benzene rings is 1. The summed E-state index contributed by atoms with van der Waals surface area (Å²) in [6, 6.07) is 10.8. The Morgan fingerprint density at radius 2 is 2.00 bits per heavy atom. The van der Waals surface area contributed by atoms with Crippen LogP contribution in [0.1, 0.15) is 19.4 Å². The number of para-hydroxylation sites is 1. The van der Waals surface area contributed by atoms with Crippen LogP contribution in [-0.2, 0) is 13.5 Å². The Balaban J connectivity index is 2.40. The SMILES string of the molecule is CC(C)C(C#N)Cc1cn(C)c2ccccc12. The summed E-state index contributed by atoms with van der Waals surface area (Å²) in [5.74, 6) is 0.500. The smallest absolute Gasteiger partial charge is 0.0661 e. The fourth-order valence-corrected chi connectivity index (χ4v) is 2.26. The maximum Gasteiger partial charge on any atom is 0.0661 e. The average molecular weight is 226 g/mol. The minimum atomic E-state index is 0.0980. The number of fused-ring (bicyclic) bond motifs is 1. The largest absolute Gasteiger partial charge is 0.350 e. The zero-order valence-corrected chi connectivity index (χ0v) is 10.6. The van der Waals surface area contributed by atoms with Crippen LogP contribution in [0.2, 0.25) is 0 Å². The number of aromatic nitrogens is 1. The van der Waals surface area contributed by atoms with Gasteiger partial charge in [0.15, 0.2) is 0 Å². The van der Waals surface area contributed by atoms with Gasteiger partial charge in [-0.15, -0.1) is 0 Å². The van der Waals surface area contributed by atoms with E-state index >= 15 is 0 Å². The van der Waals surface area contributed by atoms with Gasteiger partial charge < -0.3 is 4.57 Å². The van der Waals surface area contributed by atoms with Gasteiger partial charge in [-0.1, -0.05) is 32.0 Å². The summed E-state index contributed by atoms with van der Waals surface area (Å²) < 4.78 is 2.14. The van der Waals surface area contributed by atoms with Crippen LogP contribution < -0.4 is 0 Å². The van der Waals surface area contributed by atoms with Gasteiger partial charge in [-0.25, -0.2) is 0 Å². The molecule has 0 aliphatic heterocycles. The molecule has 2 heteroatoms. The summed E-state index contributed by atoms with van der Waals surface area (Å²) in [4.78, 5) is 0. The second-order valence-corrected chi connectivity index (χ2v) is 4.97. The Hall–Kier alpha value is -1.75. The van der Waals surface area contributed by atoms with Gasteiger partial charge in [-0.05, 0) is 24.0 Å². The highest BCUT2D eigenvalue weighted by atomic mass is 14.9. The lowest BCUT2D eigenvalue weighted by Gasteiger charge is -2.11. The molecule has 0 radical (unpaired) electrons. The number of hydrogen-bond acceptors (Lipinski definition) is 1. The van der Waals surface area contributed by atoms with Crippen molar-refractivity contribution in [2.75, 3.05) is 0 Å². The first-order valence-electron chi connectivity index (χ1n) is 6.06. The monoisotopic (exact) mass is 226 g/mol. The third kappa shape index (κ3) is 2.19. The number of nitriles is 1. The minimum Gasteiger partial charge on any atom is -0.350 e. The molecular weight excluding hydrogens is 208 g/mol. The van der Waals surface area contributed by atoms with Gasteiger partial charge in [0.1, 0.15) is 0 Å². The Morgan fingerprint density at radius 1 is 1.29 bits per heavy atom. The van der Waals surface area contributed by atoms with Crippen molar-refractivity contribution in [3.8, 4) is 6.07 Å². The third-order valence-corrected chi connectivity index (χ3v) is 3.39. The van der Waals surface area contributed by atoms with E-state index in [9.17, 15) is 5.26 Å². The van der Waals surface area contributed by atoms with E-state index in [1.54, 1.807) is 0 Å². The topological polar surface area (TPSA) is 28.7 Å². The van der Waals surface area contributed by atoms with Gasteiger partial charge in [0.05, 0.1) is 12.0 Å². The molecule has 0 saturated heterocycles. The first-order chi connectivity index (χ1) is 8.13. The van der Waals surface area contributed by atoms with Gasteiger partial charge in [-0.2, -0.15) is 5.26 Å². The van der Waals surface area contributed by atoms with Crippen LogP contribution in [0.5, 0.6) is 0 Å². The van der Waals surface area contributed by atoms with Gasteiger partial charge in [-0.3, -0.25) is 0 Å². The molecule has 88 valence electrons. The molecule has 0 amide bonds. The highest BCUT2D eigenvalue weighted by Crippen LogP contribution is 2.25. The lowest BCUT2D eigenvalue weighted by molar-refractivity contribution is 0.474. The van der Waals surface area contributed by atoms with Gasteiger partial charge in [0, 0.05) is 24.1 Å². The van der Waals surface area contributed by atoms with E-state index < -0.39 is 0 Å². The first kappa shape index (κ1) is 11.7. The zero-order valence-electron chi connectivity index (χ0n) is 10.6. The summed E-state index contributed by atoms with van der Waals surface area (Å²) in [6.45, 7) is 4.22. The van der Waals surface area contributed by atoms with Crippen molar-refractivity contribution in [3.63, 3.8) is 0 Å². The van der Waals surface area contributed by atoms with E-state index in [0.717, 1.165) is 6.42 Å². The highest BCUT2D eigenvalue weighted by Gasteiger charge is 2.16. The first-order valence-corrected chi connectivity index (χ1v) is 6.06. The Morgan fingerprint density at radius 3 is 2.65 bits per heavy atom. The Bertz CT molecular complexity index is 558. The second-order valence-electron chi connectivity index (χ2n) is 4.97. The normalized spacial score (nSPS) is 12.9. The highest BCUT2D eigenvalue weighted by molar-refractivity contribution is 5.83. The Kier molecular flexibility index (Phi) is 3.19. The van der Waals surface area contributed by atoms with E-state index in [-0.39, 0.29) is 5.92 Å². The van der Waals surface area contributed by atoms with Crippen LogP contribution in [0.3, 0.4) is 0 Å². The molecule has 0 saturated carbocycles. The van der Waals surface area contributed by atoms with Crippen molar-refractivity contribution in [3.05, 3.63) is 36.0 Å². The molecule has 2 aromatic rings. The molecule has 17 heavy (non-hydrogen) atoms. The fraction of sp³-hybridized carbons (Fsp3) is 0.400. The molecule has 0 fully saturated rings. The summed E-state index contributed by atoms with van der Waals surface area (Å²) >= 11 is 0. The maximum absolute atomic E-state index is 9.18. The molecule has 0 aliphatic carbocycles. The van der Waals surface area contributed by atoms with Crippen molar-refractivity contribution >= 4 is 10.9 Å². The number of hydrogen-bond donors (Lipinski definition) is 0. The fourth-order valence-electron chi connectivity index (χ4n) is 2.26. The van der Waals surface area contributed by atoms with Crippen molar-refractivity contribution in [2.24, 2.45) is 18.9 Å². The molecule has 2 rings (SSSR count). The van der Waals surface area contributed by atoms with Crippen LogP contribution in [0, 0.1) is 23.2 Å². The number of nitrogens with zero attached hydrogens (tertiary/aromatic N) is 2.